The minimum Gasteiger partial charge on any atom is -0.352 e. The van der Waals surface area contributed by atoms with Gasteiger partial charge in [0.1, 0.15) is 0 Å². The van der Waals surface area contributed by atoms with Crippen molar-refractivity contribution in [3.05, 3.63) is 64.6 Å². The number of likely N-dealkylation sites (tertiary alicyclic amines) is 1. The van der Waals surface area contributed by atoms with Crippen molar-refractivity contribution in [3.63, 3.8) is 0 Å². The highest BCUT2D eigenvalue weighted by Gasteiger charge is 2.20. The van der Waals surface area contributed by atoms with Crippen molar-refractivity contribution < 1.29 is 9.59 Å². The Labute approximate surface area is 188 Å². The van der Waals surface area contributed by atoms with E-state index in [9.17, 15) is 9.59 Å². The van der Waals surface area contributed by atoms with E-state index < -0.39 is 0 Å². The first-order valence-corrected chi connectivity index (χ1v) is 11.8. The third kappa shape index (κ3) is 5.77. The molecule has 2 amide bonds. The van der Waals surface area contributed by atoms with Crippen LogP contribution >= 0.6 is 11.8 Å². The first kappa shape index (κ1) is 21.7. The number of hydrogen-bond donors (Lipinski definition) is 2. The molecule has 0 bridgehead atoms. The summed E-state index contributed by atoms with van der Waals surface area (Å²) < 4.78 is 0. The summed E-state index contributed by atoms with van der Waals surface area (Å²) in [5.74, 6) is 0.690. The van der Waals surface area contributed by atoms with Gasteiger partial charge in [-0.3, -0.25) is 9.59 Å². The molecule has 0 atom stereocenters. The molecule has 5 nitrogen and oxygen atoms in total. The second kappa shape index (κ2) is 10.2. The minimum atomic E-state index is -0.103. The Bertz CT molecular complexity index is 963. The van der Waals surface area contributed by atoms with Crippen LogP contribution in [0, 0.1) is 5.92 Å². The monoisotopic (exact) mass is 435 g/mol. The Hall–Kier alpha value is -2.57. The lowest BCUT2D eigenvalue weighted by atomic mass is 9.99. The highest BCUT2D eigenvalue weighted by Crippen LogP contribution is 2.38. The summed E-state index contributed by atoms with van der Waals surface area (Å²) in [5.41, 5.74) is 2.38. The largest absolute Gasteiger partial charge is 0.352 e. The number of fused-ring (bicyclic) bond motifs is 1. The van der Waals surface area contributed by atoms with Gasteiger partial charge in [0.15, 0.2) is 0 Å². The van der Waals surface area contributed by atoms with E-state index in [-0.39, 0.29) is 11.8 Å². The number of nitrogens with zero attached hydrogens (tertiary/aromatic N) is 1. The topological polar surface area (TPSA) is 61.4 Å². The van der Waals surface area contributed by atoms with Gasteiger partial charge in [-0.2, -0.15) is 0 Å². The Kier molecular flexibility index (Phi) is 7.10. The van der Waals surface area contributed by atoms with Crippen LogP contribution in [-0.2, 0) is 4.79 Å². The van der Waals surface area contributed by atoms with Crippen molar-refractivity contribution in [2.45, 2.75) is 31.1 Å². The lowest BCUT2D eigenvalue weighted by Gasteiger charge is -2.30. The van der Waals surface area contributed by atoms with Crippen LogP contribution in [0.1, 0.15) is 42.1 Å². The molecule has 31 heavy (non-hydrogen) atoms. The van der Waals surface area contributed by atoms with Crippen molar-refractivity contribution in [2.75, 3.05) is 31.5 Å². The van der Waals surface area contributed by atoms with Gasteiger partial charge in [0, 0.05) is 17.0 Å². The van der Waals surface area contributed by atoms with Crippen LogP contribution in [-0.4, -0.2) is 42.9 Å². The predicted octanol–water partition coefficient (Wildman–Crippen LogP) is 4.62. The Morgan fingerprint density at radius 2 is 1.90 bits per heavy atom. The summed E-state index contributed by atoms with van der Waals surface area (Å²) in [6.07, 6.45) is 5.39. The van der Waals surface area contributed by atoms with Gasteiger partial charge in [-0.1, -0.05) is 43.0 Å². The molecule has 4 rings (SSSR count). The second-order valence-corrected chi connectivity index (χ2v) is 9.40. The van der Waals surface area contributed by atoms with Crippen LogP contribution in [0.25, 0.3) is 6.08 Å². The maximum absolute atomic E-state index is 12.4. The van der Waals surface area contributed by atoms with Crippen molar-refractivity contribution in [1.29, 1.82) is 0 Å². The van der Waals surface area contributed by atoms with Crippen LogP contribution in [0.15, 0.2) is 58.3 Å². The summed E-state index contributed by atoms with van der Waals surface area (Å²) in [5, 5.41) is 5.94. The molecule has 0 aromatic heterocycles. The van der Waals surface area contributed by atoms with Crippen LogP contribution < -0.4 is 10.6 Å². The number of para-hydroxylation sites is 1. The number of piperidine rings is 1. The zero-order valence-corrected chi connectivity index (χ0v) is 18.7. The Morgan fingerprint density at radius 3 is 2.68 bits per heavy atom. The van der Waals surface area contributed by atoms with E-state index in [1.165, 1.54) is 37.7 Å². The van der Waals surface area contributed by atoms with E-state index in [2.05, 4.69) is 22.5 Å². The number of benzene rings is 2. The highest BCUT2D eigenvalue weighted by atomic mass is 32.2. The fourth-order valence-electron chi connectivity index (χ4n) is 3.88. The second-order valence-electron chi connectivity index (χ2n) is 8.32. The van der Waals surface area contributed by atoms with E-state index >= 15 is 0 Å². The number of rotatable bonds is 6. The van der Waals surface area contributed by atoms with E-state index in [0.717, 1.165) is 35.0 Å². The molecule has 162 valence electrons. The van der Waals surface area contributed by atoms with Gasteiger partial charge >= 0.3 is 0 Å². The van der Waals surface area contributed by atoms with E-state index in [4.69, 9.17) is 0 Å². The number of nitrogens with one attached hydrogen (secondary N) is 2. The fraction of sp³-hybridized carbons (Fsp3) is 0.360. The molecule has 1 fully saturated rings. The summed E-state index contributed by atoms with van der Waals surface area (Å²) in [6.45, 7) is 6.40. The summed E-state index contributed by atoms with van der Waals surface area (Å²) in [4.78, 5) is 28.9. The maximum Gasteiger partial charge on any atom is 0.262 e. The molecule has 2 aromatic rings. The number of hydrogen-bond acceptors (Lipinski definition) is 4. The molecule has 0 spiro atoms. The number of carbonyl (C=O) groups excluding carboxylic acids is 2. The molecule has 6 heteroatoms. The summed E-state index contributed by atoms with van der Waals surface area (Å²) >= 11 is 1.46. The molecule has 2 heterocycles. The molecule has 2 aromatic carbocycles. The molecule has 0 aliphatic carbocycles. The standard InChI is InChI=1S/C25H29N3O2S/c1-18-11-15-28(16-12-18)14-4-13-26-24(29)20-9-7-19(8-10-20)17-23-25(30)27-21-5-2-3-6-22(21)31-23/h2-3,5-10,17-18H,4,11-16H2,1H3,(H,26,29)(H,27,30). The number of amides is 2. The maximum atomic E-state index is 12.4. The number of carbonyl (C=O) groups is 2. The van der Waals surface area contributed by atoms with Gasteiger partial charge in [0.25, 0.3) is 11.8 Å². The van der Waals surface area contributed by atoms with Crippen molar-refractivity contribution >= 4 is 35.3 Å². The lowest BCUT2D eigenvalue weighted by molar-refractivity contribution is -0.112. The summed E-state index contributed by atoms with van der Waals surface area (Å²) in [6, 6.07) is 15.1. The van der Waals surface area contributed by atoms with E-state index in [1.807, 2.05) is 54.6 Å². The molecular weight excluding hydrogens is 406 g/mol. The van der Waals surface area contributed by atoms with Crippen molar-refractivity contribution in [2.24, 2.45) is 5.92 Å². The van der Waals surface area contributed by atoms with E-state index in [1.54, 1.807) is 0 Å². The predicted molar refractivity (Wildman–Crippen MR) is 127 cm³/mol. The number of thioether (sulfide) groups is 1. The average Bonchev–Trinajstić information content (AvgIpc) is 2.79. The smallest absolute Gasteiger partial charge is 0.262 e. The van der Waals surface area contributed by atoms with Gasteiger partial charge < -0.3 is 15.5 Å². The van der Waals surface area contributed by atoms with Gasteiger partial charge in [0.05, 0.1) is 10.6 Å². The van der Waals surface area contributed by atoms with Crippen LogP contribution in [0.2, 0.25) is 0 Å². The summed E-state index contributed by atoms with van der Waals surface area (Å²) in [7, 11) is 0. The zero-order valence-electron chi connectivity index (χ0n) is 17.9. The Morgan fingerprint density at radius 1 is 1.16 bits per heavy atom. The van der Waals surface area contributed by atoms with Gasteiger partial charge in [0.2, 0.25) is 0 Å². The third-order valence-corrected chi connectivity index (χ3v) is 6.96. The van der Waals surface area contributed by atoms with Crippen LogP contribution in [0.4, 0.5) is 5.69 Å². The lowest BCUT2D eigenvalue weighted by Crippen LogP contribution is -2.35. The molecule has 0 unspecified atom stereocenters. The molecule has 0 saturated carbocycles. The van der Waals surface area contributed by atoms with Gasteiger partial charge in [-0.25, -0.2) is 0 Å². The zero-order chi connectivity index (χ0) is 21.6. The first-order chi connectivity index (χ1) is 15.1. The molecule has 0 radical (unpaired) electrons. The highest BCUT2D eigenvalue weighted by molar-refractivity contribution is 8.04. The minimum absolute atomic E-state index is 0.0508. The van der Waals surface area contributed by atoms with Gasteiger partial charge in [-0.05, 0) is 80.7 Å². The first-order valence-electron chi connectivity index (χ1n) is 11.0. The van der Waals surface area contributed by atoms with Crippen LogP contribution in [0.5, 0.6) is 0 Å². The van der Waals surface area contributed by atoms with Crippen molar-refractivity contribution in [3.8, 4) is 0 Å². The van der Waals surface area contributed by atoms with Gasteiger partial charge in [-0.15, -0.1) is 0 Å². The SMILES string of the molecule is CC1CCN(CCCNC(=O)c2ccc(C=C3Sc4ccccc4NC3=O)cc2)CC1. The quantitative estimate of drug-likeness (QED) is 0.513. The molecule has 2 N–H and O–H groups in total. The third-order valence-electron chi connectivity index (χ3n) is 5.86. The molecule has 1 saturated heterocycles. The van der Waals surface area contributed by atoms with Crippen LogP contribution in [0.3, 0.4) is 0 Å². The van der Waals surface area contributed by atoms with E-state index in [0.29, 0.717) is 17.0 Å². The molecular formula is C25H29N3O2S. The normalized spacial score (nSPS) is 18.5. The molecule has 2 aliphatic heterocycles. The van der Waals surface area contributed by atoms with Crippen molar-refractivity contribution in [1.82, 2.24) is 10.2 Å². The Balaban J connectivity index is 1.27. The molecule has 2 aliphatic rings. The number of anilines is 1. The average molecular weight is 436 g/mol. The fourth-order valence-corrected chi connectivity index (χ4v) is 4.83.